The van der Waals surface area contributed by atoms with Crippen LogP contribution < -0.4 is 5.32 Å². The molecule has 2 atom stereocenters. The summed E-state index contributed by atoms with van der Waals surface area (Å²) in [6.07, 6.45) is 1.12. The predicted octanol–water partition coefficient (Wildman–Crippen LogP) is 2.05. The molecule has 1 amide bonds. The van der Waals surface area contributed by atoms with Gasteiger partial charge in [-0.2, -0.15) is 4.31 Å². The zero-order valence-electron chi connectivity index (χ0n) is 15.6. The average molecular weight is 417 g/mol. The molecule has 150 valence electrons. The molecule has 9 heteroatoms. The molecule has 1 aromatic rings. The first kappa shape index (κ1) is 21.7. The molecule has 1 saturated heterocycles. The quantitative estimate of drug-likeness (QED) is 0.716. The highest BCUT2D eigenvalue weighted by Gasteiger charge is 2.35. The third-order valence-electron chi connectivity index (χ3n) is 4.63. The average Bonchev–Trinajstić information content (AvgIpc) is 2.65. The van der Waals surface area contributed by atoms with Crippen LogP contribution in [0.1, 0.15) is 26.7 Å². The van der Waals surface area contributed by atoms with Crippen LogP contribution in [0, 0.1) is 11.8 Å². The Labute approximate surface area is 165 Å². The van der Waals surface area contributed by atoms with Crippen molar-refractivity contribution in [2.75, 3.05) is 20.2 Å². The lowest BCUT2D eigenvalue weighted by Crippen LogP contribution is -2.51. The molecule has 1 aliphatic rings. The van der Waals surface area contributed by atoms with E-state index in [0.717, 1.165) is 0 Å². The highest BCUT2D eigenvalue weighted by atomic mass is 35.5. The van der Waals surface area contributed by atoms with Crippen molar-refractivity contribution in [2.24, 2.45) is 11.8 Å². The van der Waals surface area contributed by atoms with E-state index in [1.54, 1.807) is 13.8 Å². The zero-order chi connectivity index (χ0) is 20.2. The molecule has 1 heterocycles. The second-order valence-electron chi connectivity index (χ2n) is 6.91. The lowest BCUT2D eigenvalue weighted by atomic mass is 9.97. The minimum Gasteiger partial charge on any atom is -0.467 e. The number of rotatable bonds is 6. The summed E-state index contributed by atoms with van der Waals surface area (Å²) in [6.45, 7) is 4.03. The van der Waals surface area contributed by atoms with Crippen molar-refractivity contribution in [3.05, 3.63) is 29.3 Å². The normalized spacial score (nSPS) is 19.5. The number of amides is 1. The summed E-state index contributed by atoms with van der Waals surface area (Å²) < 4.78 is 31.7. The molecule has 2 rings (SSSR count). The van der Waals surface area contributed by atoms with Gasteiger partial charge in [-0.05, 0) is 43.0 Å². The highest BCUT2D eigenvalue weighted by molar-refractivity contribution is 7.89. The molecule has 1 fully saturated rings. The number of nitrogens with one attached hydrogen (secondary N) is 1. The van der Waals surface area contributed by atoms with Crippen LogP contribution >= 0.6 is 11.6 Å². The van der Waals surface area contributed by atoms with Crippen LogP contribution in [0.25, 0.3) is 0 Å². The van der Waals surface area contributed by atoms with Gasteiger partial charge in [-0.25, -0.2) is 13.2 Å². The van der Waals surface area contributed by atoms with E-state index in [1.165, 1.54) is 35.7 Å². The number of carbonyl (C=O) groups excluding carboxylic acids is 2. The number of hydrogen-bond donors (Lipinski definition) is 1. The van der Waals surface area contributed by atoms with Crippen molar-refractivity contribution in [3.8, 4) is 0 Å². The van der Waals surface area contributed by atoms with Gasteiger partial charge >= 0.3 is 5.97 Å². The van der Waals surface area contributed by atoms with Gasteiger partial charge < -0.3 is 10.1 Å². The van der Waals surface area contributed by atoms with Crippen molar-refractivity contribution < 1.29 is 22.7 Å². The van der Waals surface area contributed by atoms with E-state index < -0.39 is 28.0 Å². The van der Waals surface area contributed by atoms with Crippen molar-refractivity contribution in [1.29, 1.82) is 0 Å². The Morgan fingerprint density at radius 1 is 1.26 bits per heavy atom. The number of benzene rings is 1. The highest BCUT2D eigenvalue weighted by Crippen LogP contribution is 2.25. The van der Waals surface area contributed by atoms with E-state index in [2.05, 4.69) is 5.32 Å². The minimum atomic E-state index is -3.71. The number of hydrogen-bond acceptors (Lipinski definition) is 5. The maximum Gasteiger partial charge on any atom is 0.328 e. The van der Waals surface area contributed by atoms with E-state index in [-0.39, 0.29) is 23.3 Å². The lowest BCUT2D eigenvalue weighted by Gasteiger charge is -2.32. The van der Waals surface area contributed by atoms with Gasteiger partial charge in [0, 0.05) is 18.1 Å². The van der Waals surface area contributed by atoms with Crippen molar-refractivity contribution in [3.63, 3.8) is 0 Å². The number of carbonyl (C=O) groups is 2. The van der Waals surface area contributed by atoms with Crippen LogP contribution in [0.5, 0.6) is 0 Å². The Balaban J connectivity index is 2.11. The number of piperidine rings is 1. The van der Waals surface area contributed by atoms with E-state index in [9.17, 15) is 18.0 Å². The monoisotopic (exact) mass is 416 g/mol. The molecule has 0 spiro atoms. The molecule has 7 nitrogen and oxygen atoms in total. The van der Waals surface area contributed by atoms with E-state index in [4.69, 9.17) is 16.3 Å². The minimum absolute atomic E-state index is 0.0722. The summed E-state index contributed by atoms with van der Waals surface area (Å²) in [6, 6.07) is 5.19. The zero-order valence-corrected chi connectivity index (χ0v) is 17.2. The molecule has 0 aliphatic carbocycles. The van der Waals surface area contributed by atoms with E-state index in [1.807, 2.05) is 0 Å². The third-order valence-corrected chi connectivity index (χ3v) is 6.76. The van der Waals surface area contributed by atoms with Gasteiger partial charge in [0.2, 0.25) is 15.9 Å². The van der Waals surface area contributed by atoms with Crippen molar-refractivity contribution in [2.45, 2.75) is 37.6 Å². The van der Waals surface area contributed by atoms with Crippen LogP contribution in [0.2, 0.25) is 5.02 Å². The summed E-state index contributed by atoms with van der Waals surface area (Å²) >= 11 is 5.82. The first-order valence-electron chi connectivity index (χ1n) is 8.80. The first-order valence-corrected chi connectivity index (χ1v) is 10.6. The van der Waals surface area contributed by atoms with Gasteiger partial charge in [0.25, 0.3) is 0 Å². The molecule has 0 aromatic heterocycles. The molecular formula is C18H25ClN2O5S. The molecular weight excluding hydrogens is 392 g/mol. The van der Waals surface area contributed by atoms with Gasteiger partial charge in [0.1, 0.15) is 6.04 Å². The van der Waals surface area contributed by atoms with E-state index in [0.29, 0.717) is 24.4 Å². The SMILES string of the molecule is COC(=O)[C@H](NC(=O)C1CCCN(S(=O)(=O)c2ccc(Cl)cc2)C1)C(C)C. The second-order valence-corrected chi connectivity index (χ2v) is 9.28. The van der Waals surface area contributed by atoms with Crippen LogP contribution in [0.4, 0.5) is 0 Å². The molecule has 0 saturated carbocycles. The number of halogens is 1. The maximum atomic E-state index is 12.8. The number of esters is 1. The third kappa shape index (κ3) is 5.21. The van der Waals surface area contributed by atoms with Gasteiger partial charge in [-0.3, -0.25) is 4.79 Å². The second kappa shape index (κ2) is 9.03. The largest absolute Gasteiger partial charge is 0.467 e. The molecule has 27 heavy (non-hydrogen) atoms. The number of ether oxygens (including phenoxy) is 1. The van der Waals surface area contributed by atoms with Crippen molar-refractivity contribution in [1.82, 2.24) is 9.62 Å². The Bertz CT molecular complexity index is 779. The number of nitrogens with zero attached hydrogens (tertiary/aromatic N) is 1. The lowest BCUT2D eigenvalue weighted by molar-refractivity contribution is -0.147. The molecule has 1 aliphatic heterocycles. The molecule has 0 radical (unpaired) electrons. The fraction of sp³-hybridized carbons (Fsp3) is 0.556. The van der Waals surface area contributed by atoms with Gasteiger partial charge in [0.15, 0.2) is 0 Å². The summed E-state index contributed by atoms with van der Waals surface area (Å²) in [4.78, 5) is 24.6. The molecule has 0 bridgehead atoms. The van der Waals surface area contributed by atoms with Crippen molar-refractivity contribution >= 4 is 33.5 Å². The summed E-state index contributed by atoms with van der Waals surface area (Å²) in [5, 5.41) is 3.15. The number of methoxy groups -OCH3 is 1. The van der Waals surface area contributed by atoms with Gasteiger partial charge in [-0.15, -0.1) is 0 Å². The van der Waals surface area contributed by atoms with Gasteiger partial charge in [-0.1, -0.05) is 25.4 Å². The Morgan fingerprint density at radius 2 is 1.89 bits per heavy atom. The molecule has 1 N–H and O–H groups in total. The Kier molecular flexibility index (Phi) is 7.25. The fourth-order valence-corrected chi connectivity index (χ4v) is 4.68. The Hall–Kier alpha value is -1.64. The standard InChI is InChI=1S/C18H25ClN2O5S/c1-12(2)16(18(23)26-3)20-17(22)13-5-4-10-21(11-13)27(24,25)15-8-6-14(19)7-9-15/h6-9,12-13,16H,4-5,10-11H2,1-3H3,(H,20,22)/t13?,16-/m1/s1. The van der Waals surface area contributed by atoms with Crippen LogP contribution in [0.15, 0.2) is 29.2 Å². The fourth-order valence-electron chi connectivity index (χ4n) is 3.03. The maximum absolute atomic E-state index is 12.8. The van der Waals surface area contributed by atoms with Gasteiger partial charge in [0.05, 0.1) is 17.9 Å². The summed E-state index contributed by atoms with van der Waals surface area (Å²) in [5.74, 6) is -1.51. The van der Waals surface area contributed by atoms with Crippen LogP contribution in [-0.2, 0) is 24.3 Å². The summed E-state index contributed by atoms with van der Waals surface area (Å²) in [7, 11) is -2.44. The van der Waals surface area contributed by atoms with Crippen LogP contribution in [0.3, 0.4) is 0 Å². The molecule has 1 aromatic carbocycles. The number of sulfonamides is 1. The first-order chi connectivity index (χ1) is 12.7. The van der Waals surface area contributed by atoms with E-state index >= 15 is 0 Å². The van der Waals surface area contributed by atoms with Crippen LogP contribution in [-0.4, -0.2) is 50.8 Å². The predicted molar refractivity (Wildman–Crippen MR) is 102 cm³/mol. The molecule has 1 unspecified atom stereocenters. The summed E-state index contributed by atoms with van der Waals surface area (Å²) in [5.41, 5.74) is 0. The smallest absolute Gasteiger partial charge is 0.328 e. The Morgan fingerprint density at radius 3 is 2.44 bits per heavy atom. The topological polar surface area (TPSA) is 92.8 Å².